The second kappa shape index (κ2) is 5.17. The molecule has 0 spiro atoms. The van der Waals surface area contributed by atoms with E-state index in [2.05, 4.69) is 9.55 Å². The molecule has 1 aliphatic rings. The van der Waals surface area contributed by atoms with E-state index in [1.807, 2.05) is 24.8 Å². The number of rotatable bonds is 3. The Labute approximate surface area is 116 Å². The summed E-state index contributed by atoms with van der Waals surface area (Å²) in [4.78, 5) is 17.7. The minimum Gasteiger partial charge on any atom is -0.465 e. The molecule has 0 saturated carbocycles. The monoisotopic (exact) mass is 276 g/mol. The van der Waals surface area contributed by atoms with Crippen molar-refractivity contribution in [3.8, 4) is 0 Å². The van der Waals surface area contributed by atoms with Gasteiger partial charge in [0.1, 0.15) is 4.88 Å². The number of methoxy groups -OCH3 is 1. The minimum atomic E-state index is -0.217. The van der Waals surface area contributed by atoms with E-state index in [0.717, 1.165) is 24.3 Å². The van der Waals surface area contributed by atoms with Gasteiger partial charge in [-0.25, -0.2) is 9.78 Å². The van der Waals surface area contributed by atoms with Crippen molar-refractivity contribution in [2.45, 2.75) is 25.8 Å². The zero-order valence-electron chi connectivity index (χ0n) is 10.8. The van der Waals surface area contributed by atoms with E-state index in [0.29, 0.717) is 5.92 Å². The lowest BCUT2D eigenvalue weighted by molar-refractivity contribution is 0.0606. The fourth-order valence-electron chi connectivity index (χ4n) is 2.62. The van der Waals surface area contributed by atoms with Gasteiger partial charge in [-0.15, -0.1) is 11.3 Å². The van der Waals surface area contributed by atoms with Crippen LogP contribution in [0.4, 0.5) is 0 Å². The third-order valence-electron chi connectivity index (χ3n) is 3.61. The normalized spacial score (nSPS) is 18.1. The van der Waals surface area contributed by atoms with Crippen LogP contribution in [0.15, 0.2) is 24.8 Å². The lowest BCUT2D eigenvalue weighted by Crippen LogP contribution is -2.17. The topological polar surface area (TPSA) is 44.1 Å². The summed E-state index contributed by atoms with van der Waals surface area (Å²) in [6.07, 6.45) is 8.96. The second-order valence-corrected chi connectivity index (χ2v) is 6.06. The van der Waals surface area contributed by atoms with E-state index in [1.54, 1.807) is 11.3 Å². The van der Waals surface area contributed by atoms with Crippen molar-refractivity contribution in [2.75, 3.05) is 7.11 Å². The number of imidazole rings is 1. The fourth-order valence-corrected chi connectivity index (χ4v) is 3.87. The van der Waals surface area contributed by atoms with Crippen LogP contribution in [-0.2, 0) is 24.1 Å². The number of fused-ring (bicyclic) bond motifs is 1. The number of aryl methyl sites for hydroxylation is 1. The molecule has 3 rings (SSSR count). The van der Waals surface area contributed by atoms with E-state index in [4.69, 9.17) is 4.74 Å². The molecule has 19 heavy (non-hydrogen) atoms. The van der Waals surface area contributed by atoms with Crippen LogP contribution in [0, 0.1) is 5.92 Å². The summed E-state index contributed by atoms with van der Waals surface area (Å²) >= 11 is 1.58. The quantitative estimate of drug-likeness (QED) is 0.809. The Bertz CT molecular complexity index is 574. The molecule has 0 amide bonds. The third-order valence-corrected chi connectivity index (χ3v) is 4.79. The van der Waals surface area contributed by atoms with Crippen molar-refractivity contribution in [1.29, 1.82) is 0 Å². The molecule has 2 aromatic rings. The molecule has 1 atom stereocenters. The van der Waals surface area contributed by atoms with Crippen LogP contribution < -0.4 is 0 Å². The molecule has 2 heterocycles. The number of thiophene rings is 1. The molecule has 0 N–H and O–H groups in total. The van der Waals surface area contributed by atoms with Crippen molar-refractivity contribution in [2.24, 2.45) is 5.92 Å². The Balaban J connectivity index is 1.73. The first-order valence-electron chi connectivity index (χ1n) is 6.42. The highest BCUT2D eigenvalue weighted by molar-refractivity contribution is 7.14. The van der Waals surface area contributed by atoms with Gasteiger partial charge in [0.2, 0.25) is 0 Å². The average Bonchev–Trinajstić information content (AvgIpc) is 3.06. The molecule has 4 nitrogen and oxygen atoms in total. The summed E-state index contributed by atoms with van der Waals surface area (Å²) in [5.74, 6) is 0.413. The van der Waals surface area contributed by atoms with Gasteiger partial charge in [-0.1, -0.05) is 0 Å². The maximum atomic E-state index is 11.5. The van der Waals surface area contributed by atoms with Gasteiger partial charge in [-0.2, -0.15) is 0 Å². The lowest BCUT2D eigenvalue weighted by atomic mass is 9.89. The number of esters is 1. The van der Waals surface area contributed by atoms with Gasteiger partial charge >= 0.3 is 5.97 Å². The second-order valence-electron chi connectivity index (χ2n) is 4.92. The van der Waals surface area contributed by atoms with Gasteiger partial charge in [0, 0.05) is 23.8 Å². The number of hydrogen-bond acceptors (Lipinski definition) is 4. The van der Waals surface area contributed by atoms with Crippen molar-refractivity contribution >= 4 is 17.3 Å². The Morgan fingerprint density at radius 1 is 1.63 bits per heavy atom. The van der Waals surface area contributed by atoms with Crippen LogP contribution in [-0.4, -0.2) is 22.6 Å². The molecule has 0 radical (unpaired) electrons. The zero-order valence-corrected chi connectivity index (χ0v) is 11.7. The minimum absolute atomic E-state index is 0.217. The Morgan fingerprint density at radius 3 is 3.26 bits per heavy atom. The molecule has 100 valence electrons. The number of carbonyl (C=O) groups is 1. The summed E-state index contributed by atoms with van der Waals surface area (Å²) in [5.41, 5.74) is 1.33. The molecular weight excluding hydrogens is 260 g/mol. The Kier molecular flexibility index (Phi) is 3.38. The number of nitrogens with zero attached hydrogens (tertiary/aromatic N) is 2. The molecule has 1 aliphatic carbocycles. The molecular formula is C14H16N2O2S. The summed E-state index contributed by atoms with van der Waals surface area (Å²) in [5, 5.41) is 0. The lowest BCUT2D eigenvalue weighted by Gasteiger charge is -2.22. The highest BCUT2D eigenvalue weighted by Crippen LogP contribution is 2.33. The molecule has 5 heteroatoms. The van der Waals surface area contributed by atoms with Crippen LogP contribution >= 0.6 is 11.3 Å². The van der Waals surface area contributed by atoms with E-state index >= 15 is 0 Å². The number of aromatic nitrogens is 2. The highest BCUT2D eigenvalue weighted by Gasteiger charge is 2.23. The van der Waals surface area contributed by atoms with Gasteiger partial charge in [0.05, 0.1) is 13.4 Å². The van der Waals surface area contributed by atoms with Crippen LogP contribution in [0.25, 0.3) is 0 Å². The SMILES string of the molecule is COC(=O)c1cc2c(s1)CC(Cn1ccnc1)CC2. The smallest absolute Gasteiger partial charge is 0.348 e. The standard InChI is InChI=1S/C14H16N2O2S/c1-18-14(17)13-7-11-3-2-10(6-12(11)19-13)8-16-5-4-15-9-16/h4-5,7,9-10H,2-3,6,8H2,1H3. The third kappa shape index (κ3) is 2.56. The molecule has 2 aromatic heterocycles. The predicted octanol–water partition coefficient (Wildman–Crippen LogP) is 2.54. The average molecular weight is 276 g/mol. The summed E-state index contributed by atoms with van der Waals surface area (Å²) in [7, 11) is 1.43. The number of hydrogen-bond donors (Lipinski definition) is 0. The number of ether oxygens (including phenoxy) is 1. The largest absolute Gasteiger partial charge is 0.465 e. The van der Waals surface area contributed by atoms with Crippen LogP contribution in [0.1, 0.15) is 26.5 Å². The van der Waals surface area contributed by atoms with Gasteiger partial charge < -0.3 is 9.30 Å². The number of carbonyl (C=O) groups excluding carboxylic acids is 1. The zero-order chi connectivity index (χ0) is 13.2. The molecule has 0 aromatic carbocycles. The highest BCUT2D eigenvalue weighted by atomic mass is 32.1. The van der Waals surface area contributed by atoms with Crippen molar-refractivity contribution in [3.05, 3.63) is 40.1 Å². The predicted molar refractivity (Wildman–Crippen MR) is 73.4 cm³/mol. The van der Waals surface area contributed by atoms with Crippen molar-refractivity contribution < 1.29 is 9.53 Å². The molecule has 0 fully saturated rings. The van der Waals surface area contributed by atoms with Gasteiger partial charge in [-0.3, -0.25) is 0 Å². The molecule has 0 saturated heterocycles. The van der Waals surface area contributed by atoms with E-state index in [1.165, 1.54) is 24.0 Å². The van der Waals surface area contributed by atoms with E-state index < -0.39 is 0 Å². The van der Waals surface area contributed by atoms with Crippen molar-refractivity contribution in [1.82, 2.24) is 9.55 Å². The first-order chi connectivity index (χ1) is 9.26. The summed E-state index contributed by atoms with van der Waals surface area (Å²) < 4.78 is 6.91. The van der Waals surface area contributed by atoms with Gasteiger partial charge in [0.15, 0.2) is 0 Å². The fraction of sp³-hybridized carbons (Fsp3) is 0.429. The Morgan fingerprint density at radius 2 is 2.53 bits per heavy atom. The summed E-state index contributed by atoms with van der Waals surface area (Å²) in [6, 6.07) is 2.00. The Hall–Kier alpha value is -1.62. The molecule has 1 unspecified atom stereocenters. The van der Waals surface area contributed by atoms with Gasteiger partial charge in [-0.05, 0) is 36.8 Å². The van der Waals surface area contributed by atoms with E-state index in [9.17, 15) is 4.79 Å². The maximum absolute atomic E-state index is 11.5. The van der Waals surface area contributed by atoms with Crippen molar-refractivity contribution in [3.63, 3.8) is 0 Å². The van der Waals surface area contributed by atoms with E-state index in [-0.39, 0.29) is 5.97 Å². The van der Waals surface area contributed by atoms with Gasteiger partial charge in [0.25, 0.3) is 0 Å². The molecule has 0 aliphatic heterocycles. The van der Waals surface area contributed by atoms with Crippen LogP contribution in [0.2, 0.25) is 0 Å². The maximum Gasteiger partial charge on any atom is 0.348 e. The summed E-state index contributed by atoms with van der Waals surface area (Å²) in [6.45, 7) is 1.00. The first-order valence-corrected chi connectivity index (χ1v) is 7.23. The first kappa shape index (κ1) is 12.4. The van der Waals surface area contributed by atoms with Crippen LogP contribution in [0.5, 0.6) is 0 Å². The van der Waals surface area contributed by atoms with Crippen LogP contribution in [0.3, 0.4) is 0 Å². The molecule has 0 bridgehead atoms.